The summed E-state index contributed by atoms with van der Waals surface area (Å²) in [5.74, 6) is 0. The number of aromatic nitrogens is 2. The van der Waals surface area contributed by atoms with Crippen molar-refractivity contribution in [2.24, 2.45) is 0 Å². The number of para-hydroxylation sites is 1. The van der Waals surface area contributed by atoms with Crippen molar-refractivity contribution in [3.8, 4) is 0 Å². The summed E-state index contributed by atoms with van der Waals surface area (Å²) in [5, 5.41) is 8.69. The van der Waals surface area contributed by atoms with Crippen LogP contribution in [0, 0.1) is 0 Å². The van der Waals surface area contributed by atoms with E-state index in [0.717, 1.165) is 41.6 Å². The zero-order chi connectivity index (χ0) is 19.5. The molecule has 29 heavy (non-hydrogen) atoms. The second-order valence-corrected chi connectivity index (χ2v) is 7.51. The molecule has 0 spiro atoms. The van der Waals surface area contributed by atoms with Crippen molar-refractivity contribution in [1.82, 2.24) is 20.6 Å². The molecule has 2 aromatic heterocycles. The summed E-state index contributed by atoms with van der Waals surface area (Å²) < 4.78 is 5.85. The van der Waals surface area contributed by atoms with Gasteiger partial charge in [-0.15, -0.1) is 0 Å². The molecule has 2 aromatic carbocycles. The van der Waals surface area contributed by atoms with Gasteiger partial charge in [-0.3, -0.25) is 9.97 Å². The van der Waals surface area contributed by atoms with Crippen molar-refractivity contribution in [3.05, 3.63) is 96.3 Å². The third-order valence-corrected chi connectivity index (χ3v) is 5.70. The molecule has 1 aliphatic heterocycles. The fourth-order valence-corrected chi connectivity index (χ4v) is 4.33. The Morgan fingerprint density at radius 3 is 2.83 bits per heavy atom. The molecule has 3 heterocycles. The van der Waals surface area contributed by atoms with Crippen molar-refractivity contribution in [3.63, 3.8) is 0 Å². The van der Waals surface area contributed by atoms with Gasteiger partial charge in [0.1, 0.15) is 5.58 Å². The van der Waals surface area contributed by atoms with E-state index in [1.807, 2.05) is 12.3 Å². The van der Waals surface area contributed by atoms with Crippen LogP contribution in [0.15, 0.2) is 83.9 Å². The minimum atomic E-state index is -0.102. The van der Waals surface area contributed by atoms with Gasteiger partial charge in [0.15, 0.2) is 0 Å². The number of nitrogens with one attached hydrogen (secondary N) is 2. The molecule has 5 rings (SSSR count). The molecule has 2 N–H and O–H groups in total. The van der Waals surface area contributed by atoms with E-state index < -0.39 is 0 Å². The Morgan fingerprint density at radius 2 is 1.97 bits per heavy atom. The Balaban J connectivity index is 1.54. The smallest absolute Gasteiger partial charge is 0.139 e. The van der Waals surface area contributed by atoms with Gasteiger partial charge in [0, 0.05) is 35.4 Å². The lowest BCUT2D eigenvalue weighted by molar-refractivity contribution is 0.291. The maximum atomic E-state index is 5.85. The second-order valence-electron chi connectivity index (χ2n) is 7.51. The van der Waals surface area contributed by atoms with Crippen LogP contribution in [0.5, 0.6) is 0 Å². The van der Waals surface area contributed by atoms with Crippen LogP contribution in [-0.4, -0.2) is 22.6 Å². The number of hydrogen-bond donors (Lipinski definition) is 2. The maximum Gasteiger partial charge on any atom is 0.139 e. The van der Waals surface area contributed by atoms with E-state index in [1.54, 1.807) is 18.7 Å². The maximum absolute atomic E-state index is 5.85. The fourth-order valence-electron chi connectivity index (χ4n) is 4.33. The average Bonchev–Trinajstić information content (AvgIpc) is 3.28. The minimum Gasteiger partial charge on any atom is -0.464 e. The lowest BCUT2D eigenvalue weighted by atomic mass is 9.90. The summed E-state index contributed by atoms with van der Waals surface area (Å²) in [6.07, 6.45) is 9.28. The van der Waals surface area contributed by atoms with E-state index in [4.69, 9.17) is 4.42 Å². The summed E-state index contributed by atoms with van der Waals surface area (Å²) >= 11 is 0. The zero-order valence-electron chi connectivity index (χ0n) is 16.2. The summed E-state index contributed by atoms with van der Waals surface area (Å²) in [7, 11) is 0. The minimum absolute atomic E-state index is 0.102. The van der Waals surface area contributed by atoms with Gasteiger partial charge in [-0.25, -0.2) is 0 Å². The number of benzene rings is 2. The molecule has 3 unspecified atom stereocenters. The standard InChI is InChI=1S/C24H24N4O/c1-2-6-17(7-3-1)22-20(10-5-12-27-22)28-23(21-16-25-13-14-26-21)19-9-4-8-18-11-15-29-24(18)19/h1-4,6-9,11,13-16,20,22-23,27-28H,5,10,12H2. The van der Waals surface area contributed by atoms with Gasteiger partial charge in [-0.2, -0.15) is 0 Å². The summed E-state index contributed by atoms with van der Waals surface area (Å²) in [4.78, 5) is 8.94. The Labute approximate surface area is 170 Å². The van der Waals surface area contributed by atoms with Crippen LogP contribution in [0.4, 0.5) is 0 Å². The molecule has 1 saturated heterocycles. The molecule has 0 saturated carbocycles. The molecule has 5 heteroatoms. The van der Waals surface area contributed by atoms with Crippen LogP contribution in [0.2, 0.25) is 0 Å². The molecule has 0 radical (unpaired) electrons. The number of nitrogens with zero attached hydrogens (tertiary/aromatic N) is 2. The summed E-state index contributed by atoms with van der Waals surface area (Å²) in [6, 6.07) is 19.3. The number of fused-ring (bicyclic) bond motifs is 1. The van der Waals surface area contributed by atoms with Crippen molar-refractivity contribution >= 4 is 11.0 Å². The fraction of sp³-hybridized carbons (Fsp3) is 0.250. The van der Waals surface area contributed by atoms with Gasteiger partial charge >= 0.3 is 0 Å². The van der Waals surface area contributed by atoms with E-state index in [1.165, 1.54) is 5.56 Å². The van der Waals surface area contributed by atoms with Crippen LogP contribution >= 0.6 is 0 Å². The third-order valence-electron chi connectivity index (χ3n) is 5.70. The Hall–Kier alpha value is -3.02. The first-order valence-corrected chi connectivity index (χ1v) is 10.2. The van der Waals surface area contributed by atoms with Crippen molar-refractivity contribution in [2.45, 2.75) is 31.0 Å². The highest BCUT2D eigenvalue weighted by atomic mass is 16.3. The van der Waals surface area contributed by atoms with Crippen molar-refractivity contribution in [2.75, 3.05) is 6.54 Å². The summed E-state index contributed by atoms with van der Waals surface area (Å²) in [5.41, 5.74) is 4.19. The predicted molar refractivity (Wildman–Crippen MR) is 113 cm³/mol. The topological polar surface area (TPSA) is 63.0 Å². The summed E-state index contributed by atoms with van der Waals surface area (Å²) in [6.45, 7) is 1.03. The first-order valence-electron chi connectivity index (χ1n) is 10.2. The van der Waals surface area contributed by atoms with Crippen LogP contribution in [0.25, 0.3) is 11.0 Å². The van der Waals surface area contributed by atoms with Gasteiger partial charge in [-0.1, -0.05) is 48.5 Å². The van der Waals surface area contributed by atoms with E-state index in [9.17, 15) is 0 Å². The molecule has 1 aliphatic rings. The number of furan rings is 1. The molecule has 0 bridgehead atoms. The number of hydrogen-bond acceptors (Lipinski definition) is 5. The average molecular weight is 384 g/mol. The molecule has 4 aromatic rings. The van der Waals surface area contributed by atoms with Gasteiger partial charge in [0.05, 0.1) is 24.2 Å². The Kier molecular flexibility index (Phi) is 5.07. The SMILES string of the molecule is c1ccc(C2NCCCC2NC(c2cnccn2)c2cccc3ccoc23)cc1. The Morgan fingerprint density at radius 1 is 1.03 bits per heavy atom. The normalized spacial score (nSPS) is 20.6. The van der Waals surface area contributed by atoms with Crippen LogP contribution in [0.1, 0.15) is 41.7 Å². The monoisotopic (exact) mass is 384 g/mol. The molecule has 0 aliphatic carbocycles. The highest BCUT2D eigenvalue weighted by molar-refractivity contribution is 5.81. The molecule has 0 amide bonds. The van der Waals surface area contributed by atoms with Gasteiger partial charge < -0.3 is 15.1 Å². The highest BCUT2D eigenvalue weighted by Gasteiger charge is 2.30. The molecule has 5 nitrogen and oxygen atoms in total. The molecule has 146 valence electrons. The zero-order valence-corrected chi connectivity index (χ0v) is 16.2. The quantitative estimate of drug-likeness (QED) is 0.534. The van der Waals surface area contributed by atoms with Crippen molar-refractivity contribution in [1.29, 1.82) is 0 Å². The predicted octanol–water partition coefficient (Wildman–Crippen LogP) is 4.40. The molecular formula is C24H24N4O. The number of piperidine rings is 1. The highest BCUT2D eigenvalue weighted by Crippen LogP contribution is 2.32. The van der Waals surface area contributed by atoms with E-state index in [-0.39, 0.29) is 18.1 Å². The number of rotatable bonds is 5. The largest absolute Gasteiger partial charge is 0.464 e. The first kappa shape index (κ1) is 18.0. The lowest BCUT2D eigenvalue weighted by Crippen LogP contribution is -2.47. The van der Waals surface area contributed by atoms with E-state index >= 15 is 0 Å². The lowest BCUT2D eigenvalue weighted by Gasteiger charge is -2.36. The van der Waals surface area contributed by atoms with Gasteiger partial charge in [0.25, 0.3) is 0 Å². The third kappa shape index (κ3) is 3.67. The van der Waals surface area contributed by atoms with Crippen LogP contribution < -0.4 is 10.6 Å². The van der Waals surface area contributed by atoms with Crippen LogP contribution in [-0.2, 0) is 0 Å². The Bertz CT molecular complexity index is 1060. The van der Waals surface area contributed by atoms with Crippen LogP contribution in [0.3, 0.4) is 0 Å². The molecule has 3 atom stereocenters. The van der Waals surface area contributed by atoms with E-state index in [2.05, 4.69) is 69.1 Å². The van der Waals surface area contributed by atoms with Crippen molar-refractivity contribution < 1.29 is 4.42 Å². The van der Waals surface area contributed by atoms with Gasteiger partial charge in [0.2, 0.25) is 0 Å². The first-order chi connectivity index (χ1) is 14.4. The van der Waals surface area contributed by atoms with E-state index in [0.29, 0.717) is 0 Å². The second kappa shape index (κ2) is 8.15. The molecule has 1 fully saturated rings. The van der Waals surface area contributed by atoms with Gasteiger partial charge in [-0.05, 0) is 31.0 Å². The molecular weight excluding hydrogens is 360 g/mol.